The van der Waals surface area contributed by atoms with Gasteiger partial charge in [0.15, 0.2) is 5.13 Å². The molecule has 4 nitrogen and oxygen atoms in total. The molecule has 4 rings (SSSR count). The maximum Gasteiger partial charge on any atom is 0.256 e. The van der Waals surface area contributed by atoms with Crippen molar-refractivity contribution in [3.63, 3.8) is 0 Å². The van der Waals surface area contributed by atoms with E-state index in [1.165, 1.54) is 16.3 Å². The van der Waals surface area contributed by atoms with Crippen LogP contribution in [0.2, 0.25) is 0 Å². The van der Waals surface area contributed by atoms with Crippen molar-refractivity contribution in [3.8, 4) is 0 Å². The lowest BCUT2D eigenvalue weighted by molar-refractivity contribution is 0.0742. The van der Waals surface area contributed by atoms with Crippen molar-refractivity contribution in [2.75, 3.05) is 31.1 Å². The summed E-state index contributed by atoms with van der Waals surface area (Å²) >= 11 is 1.68. The van der Waals surface area contributed by atoms with E-state index in [1.54, 1.807) is 34.4 Å². The Hall–Kier alpha value is -2.47. The summed E-state index contributed by atoms with van der Waals surface area (Å²) < 4.78 is 15.0. The lowest BCUT2D eigenvalue weighted by atomic mass is 10.1. The molecule has 0 spiro atoms. The van der Waals surface area contributed by atoms with Crippen molar-refractivity contribution in [1.29, 1.82) is 0 Å². The molecule has 128 valence electrons. The molecule has 3 aromatic rings. The van der Waals surface area contributed by atoms with Gasteiger partial charge in [-0.2, -0.15) is 0 Å². The number of nitrogens with zero attached hydrogens (tertiary/aromatic N) is 3. The van der Waals surface area contributed by atoms with Crippen molar-refractivity contribution in [1.82, 2.24) is 9.88 Å². The topological polar surface area (TPSA) is 36.4 Å². The second-order valence-electron chi connectivity index (χ2n) is 6.18. The lowest BCUT2D eigenvalue weighted by Gasteiger charge is -2.34. The predicted octanol–water partition coefficient (Wildman–Crippen LogP) is 3.71. The van der Waals surface area contributed by atoms with Gasteiger partial charge in [0.25, 0.3) is 5.91 Å². The number of carbonyl (C=O) groups is 1. The van der Waals surface area contributed by atoms with Gasteiger partial charge in [-0.25, -0.2) is 9.37 Å². The molecule has 1 aliphatic heterocycles. The third kappa shape index (κ3) is 2.98. The number of para-hydroxylation sites is 1. The number of halogens is 1. The van der Waals surface area contributed by atoms with E-state index in [2.05, 4.69) is 24.0 Å². The van der Waals surface area contributed by atoms with Gasteiger partial charge in [0, 0.05) is 26.2 Å². The molecule has 1 amide bonds. The highest BCUT2D eigenvalue weighted by Gasteiger charge is 2.25. The predicted molar refractivity (Wildman–Crippen MR) is 98.9 cm³/mol. The molecule has 0 saturated carbocycles. The van der Waals surface area contributed by atoms with Crippen molar-refractivity contribution < 1.29 is 9.18 Å². The van der Waals surface area contributed by atoms with Crippen LogP contribution in [-0.2, 0) is 0 Å². The zero-order valence-electron chi connectivity index (χ0n) is 13.9. The molecule has 0 radical (unpaired) electrons. The SMILES string of the molecule is Cc1cccc2sc(N3CCN(C(=O)c4ccccc4F)CC3)nc12. The average molecular weight is 355 g/mol. The van der Waals surface area contributed by atoms with Gasteiger partial charge in [-0.05, 0) is 30.7 Å². The Bertz CT molecular complexity index is 931. The Morgan fingerprint density at radius 2 is 1.84 bits per heavy atom. The molecule has 1 saturated heterocycles. The van der Waals surface area contributed by atoms with Crippen LogP contribution in [0.4, 0.5) is 9.52 Å². The smallest absolute Gasteiger partial charge is 0.256 e. The summed E-state index contributed by atoms with van der Waals surface area (Å²) in [6, 6.07) is 12.4. The largest absolute Gasteiger partial charge is 0.345 e. The third-order valence-corrected chi connectivity index (χ3v) is 5.63. The number of amides is 1. The van der Waals surface area contributed by atoms with Gasteiger partial charge >= 0.3 is 0 Å². The standard InChI is InChI=1S/C19H18FN3OS/c1-13-5-4-8-16-17(13)21-19(25-16)23-11-9-22(10-12-23)18(24)14-6-2-3-7-15(14)20/h2-8H,9-12H2,1H3. The van der Waals surface area contributed by atoms with Crippen molar-refractivity contribution >= 4 is 32.6 Å². The second-order valence-corrected chi connectivity index (χ2v) is 7.19. The summed E-state index contributed by atoms with van der Waals surface area (Å²) in [6.45, 7) is 4.62. The Morgan fingerprint density at radius 3 is 2.56 bits per heavy atom. The molecule has 0 unspecified atom stereocenters. The van der Waals surface area contributed by atoms with Crippen LogP contribution in [0.5, 0.6) is 0 Å². The number of hydrogen-bond donors (Lipinski definition) is 0. The van der Waals surface area contributed by atoms with Crippen LogP contribution >= 0.6 is 11.3 Å². The van der Waals surface area contributed by atoms with E-state index in [0.717, 1.165) is 10.6 Å². The van der Waals surface area contributed by atoms with Gasteiger partial charge in [0.1, 0.15) is 5.82 Å². The quantitative estimate of drug-likeness (QED) is 0.703. The van der Waals surface area contributed by atoms with Gasteiger partial charge in [-0.3, -0.25) is 4.79 Å². The van der Waals surface area contributed by atoms with Crippen LogP contribution in [0.1, 0.15) is 15.9 Å². The summed E-state index contributed by atoms with van der Waals surface area (Å²) in [5, 5.41) is 0.988. The summed E-state index contributed by atoms with van der Waals surface area (Å²) in [6.07, 6.45) is 0. The first-order valence-electron chi connectivity index (χ1n) is 8.28. The van der Waals surface area contributed by atoms with E-state index in [-0.39, 0.29) is 11.5 Å². The molecular weight excluding hydrogens is 337 g/mol. The Labute approximate surface area is 149 Å². The number of fused-ring (bicyclic) bond motifs is 1. The number of piperazine rings is 1. The fourth-order valence-corrected chi connectivity index (χ4v) is 4.21. The van der Waals surface area contributed by atoms with Crippen LogP contribution in [-0.4, -0.2) is 42.0 Å². The van der Waals surface area contributed by atoms with Crippen LogP contribution in [0, 0.1) is 12.7 Å². The Kier molecular flexibility index (Phi) is 4.13. The molecule has 25 heavy (non-hydrogen) atoms. The molecule has 0 aliphatic carbocycles. The van der Waals surface area contributed by atoms with Crippen molar-refractivity contribution in [2.24, 2.45) is 0 Å². The summed E-state index contributed by atoms with van der Waals surface area (Å²) in [5.74, 6) is -0.700. The highest BCUT2D eigenvalue weighted by Crippen LogP contribution is 2.31. The summed E-state index contributed by atoms with van der Waals surface area (Å²) in [7, 11) is 0. The molecule has 0 atom stereocenters. The van der Waals surface area contributed by atoms with Gasteiger partial charge < -0.3 is 9.80 Å². The minimum atomic E-state index is -0.462. The average Bonchev–Trinajstić information content (AvgIpc) is 3.07. The van der Waals surface area contributed by atoms with Gasteiger partial charge in [-0.1, -0.05) is 35.6 Å². The van der Waals surface area contributed by atoms with Gasteiger partial charge in [0.05, 0.1) is 15.8 Å². The number of hydrogen-bond acceptors (Lipinski definition) is 4. The lowest BCUT2D eigenvalue weighted by Crippen LogP contribution is -2.49. The number of aryl methyl sites for hydroxylation is 1. The van der Waals surface area contributed by atoms with E-state index in [4.69, 9.17) is 4.98 Å². The molecule has 0 N–H and O–H groups in total. The zero-order chi connectivity index (χ0) is 17.4. The van der Waals surface area contributed by atoms with Crippen LogP contribution in [0.25, 0.3) is 10.2 Å². The first-order chi connectivity index (χ1) is 12.1. The zero-order valence-corrected chi connectivity index (χ0v) is 14.7. The fourth-order valence-electron chi connectivity index (χ4n) is 3.12. The van der Waals surface area contributed by atoms with E-state index < -0.39 is 5.82 Å². The van der Waals surface area contributed by atoms with Gasteiger partial charge in [-0.15, -0.1) is 0 Å². The fraction of sp³-hybridized carbons (Fsp3) is 0.263. The molecule has 2 heterocycles. The number of carbonyl (C=O) groups excluding carboxylic acids is 1. The number of thiazole rings is 1. The second kappa shape index (κ2) is 6.44. The van der Waals surface area contributed by atoms with Crippen LogP contribution < -0.4 is 4.90 Å². The molecule has 0 bridgehead atoms. The normalized spacial score (nSPS) is 15.0. The highest BCUT2D eigenvalue weighted by atomic mass is 32.1. The molecule has 6 heteroatoms. The van der Waals surface area contributed by atoms with Crippen LogP contribution in [0.3, 0.4) is 0 Å². The minimum Gasteiger partial charge on any atom is -0.345 e. The number of aromatic nitrogens is 1. The molecule has 1 aromatic heterocycles. The highest BCUT2D eigenvalue weighted by molar-refractivity contribution is 7.22. The van der Waals surface area contributed by atoms with E-state index in [0.29, 0.717) is 26.2 Å². The maximum absolute atomic E-state index is 13.8. The van der Waals surface area contributed by atoms with E-state index in [1.807, 2.05) is 6.07 Å². The monoisotopic (exact) mass is 355 g/mol. The van der Waals surface area contributed by atoms with Crippen molar-refractivity contribution in [2.45, 2.75) is 6.92 Å². The summed E-state index contributed by atoms with van der Waals surface area (Å²) in [4.78, 5) is 21.2. The van der Waals surface area contributed by atoms with Crippen molar-refractivity contribution in [3.05, 3.63) is 59.4 Å². The maximum atomic E-state index is 13.8. The van der Waals surface area contributed by atoms with E-state index in [9.17, 15) is 9.18 Å². The first-order valence-corrected chi connectivity index (χ1v) is 9.10. The van der Waals surface area contributed by atoms with Crippen LogP contribution in [0.15, 0.2) is 42.5 Å². The molecule has 1 aliphatic rings. The first kappa shape index (κ1) is 16.0. The van der Waals surface area contributed by atoms with E-state index >= 15 is 0 Å². The number of anilines is 1. The number of benzene rings is 2. The minimum absolute atomic E-state index is 0.145. The third-order valence-electron chi connectivity index (χ3n) is 4.55. The number of rotatable bonds is 2. The molecule has 2 aromatic carbocycles. The summed E-state index contributed by atoms with van der Waals surface area (Å²) in [5.41, 5.74) is 2.37. The molecule has 1 fully saturated rings. The molecular formula is C19H18FN3OS. The van der Waals surface area contributed by atoms with Gasteiger partial charge in [0.2, 0.25) is 0 Å². The Morgan fingerprint density at radius 1 is 1.08 bits per heavy atom. The Balaban J connectivity index is 1.48.